The molecule has 0 aromatic rings. The van der Waals surface area contributed by atoms with Crippen molar-refractivity contribution in [2.45, 2.75) is 44.8 Å². The largest absolute Gasteiger partial charge is 0.481 e. The van der Waals surface area contributed by atoms with Crippen LogP contribution in [0.15, 0.2) is 0 Å². The zero-order chi connectivity index (χ0) is 11.0. The number of carboxylic acid groups (broad SMARTS) is 1. The number of unbranched alkanes of at least 4 members (excludes halogenated alkanes) is 1. The summed E-state index contributed by atoms with van der Waals surface area (Å²) >= 11 is 0. The SMILES string of the molecule is O=C(O)CCC(=O)CCCCC(O)O. The molecule has 0 rings (SSSR count). The van der Waals surface area contributed by atoms with Crippen LogP contribution in [-0.4, -0.2) is 33.4 Å². The lowest BCUT2D eigenvalue weighted by Gasteiger charge is -2.02. The molecule has 0 atom stereocenters. The average Bonchev–Trinajstić information content (AvgIpc) is 2.08. The number of aliphatic carboxylic acids is 1. The molecular weight excluding hydrogens is 188 g/mol. The van der Waals surface area contributed by atoms with Gasteiger partial charge in [-0.15, -0.1) is 0 Å². The Morgan fingerprint density at radius 3 is 2.14 bits per heavy atom. The fraction of sp³-hybridized carbons (Fsp3) is 0.778. The Kier molecular flexibility index (Phi) is 6.96. The van der Waals surface area contributed by atoms with Crippen molar-refractivity contribution in [1.82, 2.24) is 0 Å². The minimum Gasteiger partial charge on any atom is -0.481 e. The highest BCUT2D eigenvalue weighted by Crippen LogP contribution is 2.05. The second-order valence-corrected chi connectivity index (χ2v) is 3.16. The van der Waals surface area contributed by atoms with Gasteiger partial charge < -0.3 is 15.3 Å². The standard InChI is InChI=1S/C9H16O5/c10-7(5-6-9(13)14)3-1-2-4-8(11)12/h8,11-12H,1-6H2,(H,13,14). The summed E-state index contributed by atoms with van der Waals surface area (Å²) in [5, 5.41) is 25.3. The van der Waals surface area contributed by atoms with Crippen LogP contribution in [0.2, 0.25) is 0 Å². The van der Waals surface area contributed by atoms with E-state index in [-0.39, 0.29) is 25.0 Å². The minimum atomic E-state index is -1.32. The van der Waals surface area contributed by atoms with Gasteiger partial charge in [-0.2, -0.15) is 0 Å². The van der Waals surface area contributed by atoms with Gasteiger partial charge in [0.15, 0.2) is 6.29 Å². The molecule has 0 aromatic carbocycles. The third kappa shape index (κ3) is 9.15. The molecule has 0 aromatic heterocycles. The zero-order valence-corrected chi connectivity index (χ0v) is 7.98. The van der Waals surface area contributed by atoms with Crippen LogP contribution in [0.1, 0.15) is 38.5 Å². The number of ketones is 1. The van der Waals surface area contributed by atoms with Crippen molar-refractivity contribution in [1.29, 1.82) is 0 Å². The Balaban J connectivity index is 3.31. The molecule has 3 N–H and O–H groups in total. The first-order chi connectivity index (χ1) is 6.52. The van der Waals surface area contributed by atoms with Crippen LogP contribution < -0.4 is 0 Å². The molecule has 14 heavy (non-hydrogen) atoms. The number of aliphatic hydroxyl groups excluding tert-OH is 1. The zero-order valence-electron chi connectivity index (χ0n) is 7.98. The lowest BCUT2D eigenvalue weighted by atomic mass is 10.1. The number of Topliss-reactive ketones (excluding diaryl/α,β-unsaturated/α-hetero) is 1. The summed E-state index contributed by atoms with van der Waals surface area (Å²) in [5.41, 5.74) is 0. The third-order valence-corrected chi connectivity index (χ3v) is 1.79. The number of carboxylic acids is 1. The summed E-state index contributed by atoms with van der Waals surface area (Å²) in [4.78, 5) is 21.1. The number of carbonyl (C=O) groups is 2. The maximum atomic E-state index is 11.0. The number of hydrogen-bond acceptors (Lipinski definition) is 4. The molecule has 5 nitrogen and oxygen atoms in total. The Morgan fingerprint density at radius 1 is 1.00 bits per heavy atom. The molecule has 0 spiro atoms. The Morgan fingerprint density at radius 2 is 1.64 bits per heavy atom. The summed E-state index contributed by atoms with van der Waals surface area (Å²) in [6.45, 7) is 0. The van der Waals surface area contributed by atoms with Crippen LogP contribution in [0.4, 0.5) is 0 Å². The quantitative estimate of drug-likeness (QED) is 0.390. The van der Waals surface area contributed by atoms with E-state index >= 15 is 0 Å². The average molecular weight is 204 g/mol. The fourth-order valence-corrected chi connectivity index (χ4v) is 1.02. The molecule has 0 aliphatic heterocycles. The number of carbonyl (C=O) groups excluding carboxylic acids is 1. The number of rotatable bonds is 8. The summed E-state index contributed by atoms with van der Waals surface area (Å²) < 4.78 is 0. The van der Waals surface area contributed by atoms with E-state index in [0.717, 1.165) is 0 Å². The highest BCUT2D eigenvalue weighted by molar-refractivity contribution is 5.82. The molecule has 0 aliphatic carbocycles. The highest BCUT2D eigenvalue weighted by Gasteiger charge is 2.05. The van der Waals surface area contributed by atoms with E-state index in [0.29, 0.717) is 19.3 Å². The van der Waals surface area contributed by atoms with Crippen LogP contribution in [0.5, 0.6) is 0 Å². The monoisotopic (exact) mass is 204 g/mol. The maximum Gasteiger partial charge on any atom is 0.303 e. The summed E-state index contributed by atoms with van der Waals surface area (Å²) in [5.74, 6) is -1.05. The number of hydrogen-bond donors (Lipinski definition) is 3. The van der Waals surface area contributed by atoms with Gasteiger partial charge in [0.25, 0.3) is 0 Å². The summed E-state index contributed by atoms with van der Waals surface area (Å²) in [6.07, 6.45) is 0.348. The van der Waals surface area contributed by atoms with E-state index in [4.69, 9.17) is 15.3 Å². The molecule has 0 bridgehead atoms. The molecule has 0 saturated heterocycles. The topological polar surface area (TPSA) is 94.8 Å². The maximum absolute atomic E-state index is 11.0. The van der Waals surface area contributed by atoms with Crippen LogP contribution in [0, 0.1) is 0 Å². The van der Waals surface area contributed by atoms with E-state index in [1.807, 2.05) is 0 Å². The first kappa shape index (κ1) is 13.1. The molecule has 0 amide bonds. The molecule has 5 heteroatoms. The van der Waals surface area contributed by atoms with Crippen LogP contribution in [0.25, 0.3) is 0 Å². The predicted octanol–water partition coefficient (Wildman–Crippen LogP) is 0.291. The van der Waals surface area contributed by atoms with Crippen molar-refractivity contribution in [3.05, 3.63) is 0 Å². The van der Waals surface area contributed by atoms with E-state index in [2.05, 4.69) is 0 Å². The Labute approximate surface area is 82.4 Å². The smallest absolute Gasteiger partial charge is 0.303 e. The molecule has 0 saturated carbocycles. The molecule has 0 radical (unpaired) electrons. The first-order valence-corrected chi connectivity index (χ1v) is 4.62. The third-order valence-electron chi connectivity index (χ3n) is 1.79. The van der Waals surface area contributed by atoms with Crippen LogP contribution >= 0.6 is 0 Å². The Bertz CT molecular complexity index is 188. The molecular formula is C9H16O5. The highest BCUT2D eigenvalue weighted by atomic mass is 16.5. The normalized spacial score (nSPS) is 10.5. The lowest BCUT2D eigenvalue weighted by molar-refractivity contribution is -0.138. The first-order valence-electron chi connectivity index (χ1n) is 4.62. The van der Waals surface area contributed by atoms with E-state index in [9.17, 15) is 9.59 Å². The van der Waals surface area contributed by atoms with E-state index in [1.54, 1.807) is 0 Å². The predicted molar refractivity (Wildman–Crippen MR) is 48.6 cm³/mol. The second kappa shape index (κ2) is 7.46. The Hall–Kier alpha value is -0.940. The van der Waals surface area contributed by atoms with Gasteiger partial charge in [0, 0.05) is 12.8 Å². The van der Waals surface area contributed by atoms with Gasteiger partial charge >= 0.3 is 5.97 Å². The lowest BCUT2D eigenvalue weighted by Crippen LogP contribution is -2.05. The molecule has 0 unspecified atom stereocenters. The molecule has 0 fully saturated rings. The van der Waals surface area contributed by atoms with Gasteiger partial charge in [-0.05, 0) is 19.3 Å². The van der Waals surface area contributed by atoms with Crippen LogP contribution in [0.3, 0.4) is 0 Å². The van der Waals surface area contributed by atoms with Crippen molar-refractivity contribution < 1.29 is 24.9 Å². The van der Waals surface area contributed by atoms with Crippen LogP contribution in [-0.2, 0) is 9.59 Å². The van der Waals surface area contributed by atoms with Gasteiger partial charge in [0.2, 0.25) is 0 Å². The van der Waals surface area contributed by atoms with Crippen molar-refractivity contribution >= 4 is 11.8 Å². The van der Waals surface area contributed by atoms with Gasteiger partial charge in [-0.3, -0.25) is 9.59 Å². The van der Waals surface area contributed by atoms with Crippen molar-refractivity contribution in [3.63, 3.8) is 0 Å². The fourth-order valence-electron chi connectivity index (χ4n) is 1.02. The van der Waals surface area contributed by atoms with E-state index in [1.165, 1.54) is 0 Å². The number of aliphatic hydroxyl groups is 2. The van der Waals surface area contributed by atoms with E-state index < -0.39 is 12.3 Å². The second-order valence-electron chi connectivity index (χ2n) is 3.16. The van der Waals surface area contributed by atoms with Gasteiger partial charge in [-0.1, -0.05) is 0 Å². The van der Waals surface area contributed by atoms with Gasteiger partial charge in [-0.25, -0.2) is 0 Å². The van der Waals surface area contributed by atoms with Gasteiger partial charge in [0.1, 0.15) is 5.78 Å². The molecule has 82 valence electrons. The van der Waals surface area contributed by atoms with Crippen molar-refractivity contribution in [2.75, 3.05) is 0 Å². The van der Waals surface area contributed by atoms with Crippen molar-refractivity contribution in [2.24, 2.45) is 0 Å². The summed E-state index contributed by atoms with van der Waals surface area (Å²) in [6, 6.07) is 0. The molecule has 0 heterocycles. The molecule has 0 aliphatic rings. The summed E-state index contributed by atoms with van der Waals surface area (Å²) in [7, 11) is 0. The van der Waals surface area contributed by atoms with Crippen molar-refractivity contribution in [3.8, 4) is 0 Å². The minimum absolute atomic E-state index is 0.0665. The van der Waals surface area contributed by atoms with Gasteiger partial charge in [0.05, 0.1) is 6.42 Å².